The topological polar surface area (TPSA) is 24.1 Å². The van der Waals surface area contributed by atoms with Gasteiger partial charge in [-0.3, -0.25) is 0 Å². The van der Waals surface area contributed by atoms with Gasteiger partial charge in [-0.15, -0.1) is 0 Å². The van der Waals surface area contributed by atoms with E-state index in [1.807, 2.05) is 0 Å². The van der Waals surface area contributed by atoms with Crippen molar-refractivity contribution in [3.8, 4) is 0 Å². The maximum absolute atomic E-state index is 3.80. The van der Waals surface area contributed by atoms with Crippen LogP contribution >= 0.6 is 0 Å². The highest BCUT2D eigenvalue weighted by atomic mass is 15.0. The SMILES string of the molecule is CCC1(CNC2CCCC2)CCCNC1. The Bertz CT molecular complexity index is 179. The molecule has 0 aromatic carbocycles. The van der Waals surface area contributed by atoms with Gasteiger partial charge in [0.2, 0.25) is 0 Å². The Hall–Kier alpha value is -0.0800. The predicted molar refractivity (Wildman–Crippen MR) is 65.1 cm³/mol. The molecule has 2 heteroatoms. The summed E-state index contributed by atoms with van der Waals surface area (Å²) in [6, 6.07) is 0.829. The predicted octanol–water partition coefficient (Wildman–Crippen LogP) is 2.30. The van der Waals surface area contributed by atoms with Gasteiger partial charge in [-0.25, -0.2) is 0 Å². The van der Waals surface area contributed by atoms with Gasteiger partial charge in [-0.2, -0.15) is 0 Å². The van der Waals surface area contributed by atoms with Crippen molar-refractivity contribution in [3.05, 3.63) is 0 Å². The van der Waals surface area contributed by atoms with E-state index in [0.29, 0.717) is 5.41 Å². The Morgan fingerprint density at radius 1 is 1.27 bits per heavy atom. The van der Waals surface area contributed by atoms with Gasteiger partial charge < -0.3 is 10.6 Å². The molecule has 0 amide bonds. The second-order valence-corrected chi connectivity index (χ2v) is 5.50. The average molecular weight is 210 g/mol. The van der Waals surface area contributed by atoms with Crippen molar-refractivity contribution in [2.75, 3.05) is 19.6 Å². The van der Waals surface area contributed by atoms with E-state index in [-0.39, 0.29) is 0 Å². The number of nitrogens with one attached hydrogen (secondary N) is 2. The molecule has 1 saturated heterocycles. The van der Waals surface area contributed by atoms with E-state index in [0.717, 1.165) is 6.04 Å². The largest absolute Gasteiger partial charge is 0.316 e. The monoisotopic (exact) mass is 210 g/mol. The van der Waals surface area contributed by atoms with E-state index >= 15 is 0 Å². The molecule has 0 radical (unpaired) electrons. The van der Waals surface area contributed by atoms with Crippen molar-refractivity contribution >= 4 is 0 Å². The molecule has 0 bridgehead atoms. The smallest absolute Gasteiger partial charge is 0.00673 e. The van der Waals surface area contributed by atoms with E-state index in [9.17, 15) is 0 Å². The lowest BCUT2D eigenvalue weighted by Crippen LogP contribution is -2.47. The fourth-order valence-corrected chi connectivity index (χ4v) is 3.10. The molecule has 88 valence electrons. The van der Waals surface area contributed by atoms with Gasteiger partial charge in [0.05, 0.1) is 0 Å². The highest BCUT2D eigenvalue weighted by Gasteiger charge is 2.30. The summed E-state index contributed by atoms with van der Waals surface area (Å²) in [4.78, 5) is 0. The zero-order valence-electron chi connectivity index (χ0n) is 10.1. The molecule has 1 aliphatic carbocycles. The van der Waals surface area contributed by atoms with Crippen LogP contribution < -0.4 is 10.6 Å². The van der Waals surface area contributed by atoms with Crippen molar-refractivity contribution in [2.24, 2.45) is 5.41 Å². The summed E-state index contributed by atoms with van der Waals surface area (Å²) in [5.41, 5.74) is 0.556. The van der Waals surface area contributed by atoms with Crippen LogP contribution in [0.1, 0.15) is 51.9 Å². The number of hydrogen-bond donors (Lipinski definition) is 2. The van der Waals surface area contributed by atoms with Crippen molar-refractivity contribution in [1.82, 2.24) is 10.6 Å². The van der Waals surface area contributed by atoms with Crippen molar-refractivity contribution in [2.45, 2.75) is 57.9 Å². The molecule has 2 fully saturated rings. The van der Waals surface area contributed by atoms with Crippen LogP contribution in [0.2, 0.25) is 0 Å². The molecule has 2 rings (SSSR count). The molecule has 15 heavy (non-hydrogen) atoms. The molecule has 1 heterocycles. The second-order valence-electron chi connectivity index (χ2n) is 5.50. The maximum atomic E-state index is 3.80. The fraction of sp³-hybridized carbons (Fsp3) is 1.00. The lowest BCUT2D eigenvalue weighted by molar-refractivity contribution is 0.186. The first kappa shape index (κ1) is 11.4. The lowest BCUT2D eigenvalue weighted by Gasteiger charge is -2.38. The van der Waals surface area contributed by atoms with E-state index in [2.05, 4.69) is 17.6 Å². The summed E-state index contributed by atoms with van der Waals surface area (Å²) in [7, 11) is 0. The molecule has 0 aromatic rings. The maximum Gasteiger partial charge on any atom is 0.00673 e. The van der Waals surface area contributed by atoms with Gasteiger partial charge >= 0.3 is 0 Å². The van der Waals surface area contributed by atoms with E-state index in [4.69, 9.17) is 0 Å². The molecular weight excluding hydrogens is 184 g/mol. The quantitative estimate of drug-likeness (QED) is 0.744. The van der Waals surface area contributed by atoms with E-state index in [1.165, 1.54) is 64.6 Å². The Labute approximate surface area is 94.2 Å². The van der Waals surface area contributed by atoms with E-state index in [1.54, 1.807) is 0 Å². The van der Waals surface area contributed by atoms with Gasteiger partial charge in [0.15, 0.2) is 0 Å². The van der Waals surface area contributed by atoms with Gasteiger partial charge in [0.25, 0.3) is 0 Å². The summed E-state index contributed by atoms with van der Waals surface area (Å²) in [6.07, 6.45) is 9.79. The van der Waals surface area contributed by atoms with Crippen LogP contribution in [-0.4, -0.2) is 25.7 Å². The fourth-order valence-electron chi connectivity index (χ4n) is 3.10. The molecule has 2 nitrogen and oxygen atoms in total. The van der Waals surface area contributed by atoms with Gasteiger partial charge in [0, 0.05) is 19.1 Å². The summed E-state index contributed by atoms with van der Waals surface area (Å²) in [5.74, 6) is 0. The van der Waals surface area contributed by atoms with Gasteiger partial charge in [0.1, 0.15) is 0 Å². The Morgan fingerprint density at radius 3 is 2.67 bits per heavy atom. The van der Waals surface area contributed by atoms with Crippen molar-refractivity contribution in [3.63, 3.8) is 0 Å². The third kappa shape index (κ3) is 2.94. The van der Waals surface area contributed by atoms with Gasteiger partial charge in [-0.1, -0.05) is 19.8 Å². The highest BCUT2D eigenvalue weighted by Crippen LogP contribution is 2.30. The summed E-state index contributed by atoms with van der Waals surface area (Å²) in [6.45, 7) is 6.04. The van der Waals surface area contributed by atoms with Crippen LogP contribution in [0.5, 0.6) is 0 Å². The minimum absolute atomic E-state index is 0.556. The zero-order valence-corrected chi connectivity index (χ0v) is 10.1. The van der Waals surface area contributed by atoms with Gasteiger partial charge in [-0.05, 0) is 44.1 Å². The molecule has 1 unspecified atom stereocenters. The first-order valence-electron chi connectivity index (χ1n) is 6.79. The molecule has 0 spiro atoms. The van der Waals surface area contributed by atoms with Crippen molar-refractivity contribution < 1.29 is 0 Å². The molecule has 0 aromatic heterocycles. The molecule has 1 atom stereocenters. The number of piperidine rings is 1. The standard InChI is InChI=1S/C13H26N2/c1-2-13(8-5-9-14-10-13)11-15-12-6-3-4-7-12/h12,14-15H,2-11H2,1H3. The minimum atomic E-state index is 0.556. The van der Waals surface area contributed by atoms with Crippen LogP contribution in [0.3, 0.4) is 0 Å². The summed E-state index contributed by atoms with van der Waals surface area (Å²) >= 11 is 0. The number of hydrogen-bond acceptors (Lipinski definition) is 2. The Balaban J connectivity index is 1.78. The normalized spacial score (nSPS) is 33.4. The van der Waals surface area contributed by atoms with Crippen LogP contribution in [0.15, 0.2) is 0 Å². The molecule has 2 aliphatic rings. The number of rotatable bonds is 4. The first-order valence-corrected chi connectivity index (χ1v) is 6.79. The van der Waals surface area contributed by atoms with Crippen LogP contribution in [0.4, 0.5) is 0 Å². The van der Waals surface area contributed by atoms with Crippen LogP contribution in [-0.2, 0) is 0 Å². The zero-order chi connectivity index (χ0) is 10.6. The van der Waals surface area contributed by atoms with E-state index < -0.39 is 0 Å². The molecule has 1 saturated carbocycles. The van der Waals surface area contributed by atoms with Crippen LogP contribution in [0.25, 0.3) is 0 Å². The minimum Gasteiger partial charge on any atom is -0.316 e. The Kier molecular flexibility index (Phi) is 4.04. The lowest BCUT2D eigenvalue weighted by atomic mass is 9.78. The first-order chi connectivity index (χ1) is 7.35. The third-order valence-electron chi connectivity index (χ3n) is 4.43. The average Bonchev–Trinajstić information content (AvgIpc) is 2.81. The van der Waals surface area contributed by atoms with Crippen molar-refractivity contribution in [1.29, 1.82) is 0 Å². The third-order valence-corrected chi connectivity index (χ3v) is 4.43. The molecule has 1 aliphatic heterocycles. The Morgan fingerprint density at radius 2 is 2.07 bits per heavy atom. The second kappa shape index (κ2) is 5.31. The van der Waals surface area contributed by atoms with Crippen LogP contribution in [0, 0.1) is 5.41 Å². The summed E-state index contributed by atoms with van der Waals surface area (Å²) < 4.78 is 0. The highest BCUT2D eigenvalue weighted by molar-refractivity contribution is 4.88. The summed E-state index contributed by atoms with van der Waals surface area (Å²) in [5, 5.41) is 7.37. The molecule has 2 N–H and O–H groups in total. The molecular formula is C13H26N2.